The zero-order valence-electron chi connectivity index (χ0n) is 19.9. The fraction of sp³-hybridized carbons (Fsp3) is 0.458. The van der Waals surface area contributed by atoms with Crippen molar-refractivity contribution >= 4 is 16.2 Å². The first-order valence-corrected chi connectivity index (χ1v) is 12.1. The molecule has 1 heterocycles. The topological polar surface area (TPSA) is 91.4 Å². The maximum Gasteiger partial charge on any atom is 0.410 e. The summed E-state index contributed by atoms with van der Waals surface area (Å²) in [4.78, 5) is 14.5. The van der Waals surface area contributed by atoms with Crippen molar-refractivity contribution in [1.82, 2.24) is 4.90 Å². The highest BCUT2D eigenvalue weighted by molar-refractivity contribution is 7.86. The van der Waals surface area contributed by atoms with E-state index in [0.717, 1.165) is 16.7 Å². The lowest BCUT2D eigenvalue weighted by atomic mass is 9.92. The number of hydrogen-bond acceptors (Lipinski definition) is 7. The lowest BCUT2D eigenvalue weighted by molar-refractivity contribution is 0.00873. The number of amides is 1. The van der Waals surface area contributed by atoms with Crippen LogP contribution in [0.4, 0.5) is 4.79 Å². The van der Waals surface area contributed by atoms with Gasteiger partial charge in [-0.15, -0.1) is 0 Å². The van der Waals surface area contributed by atoms with Crippen LogP contribution >= 0.6 is 0 Å². The zero-order chi connectivity index (χ0) is 24.4. The Kier molecular flexibility index (Phi) is 7.23. The molecule has 180 valence electrons. The summed E-state index contributed by atoms with van der Waals surface area (Å²) in [5, 5.41) is 0. The second kappa shape index (κ2) is 9.61. The Bertz CT molecular complexity index is 1100. The average molecular weight is 478 g/mol. The zero-order valence-corrected chi connectivity index (χ0v) is 20.7. The summed E-state index contributed by atoms with van der Waals surface area (Å²) in [5.41, 5.74) is 1.89. The fourth-order valence-electron chi connectivity index (χ4n) is 3.67. The van der Waals surface area contributed by atoms with Gasteiger partial charge in [-0.3, -0.25) is 9.08 Å². The van der Waals surface area contributed by atoms with Gasteiger partial charge < -0.3 is 14.2 Å². The maximum atomic E-state index is 13.0. The largest absolute Gasteiger partial charge is 0.493 e. The van der Waals surface area contributed by atoms with E-state index in [1.54, 1.807) is 46.1 Å². The molecule has 2 aromatic rings. The first kappa shape index (κ1) is 24.9. The third-order valence-electron chi connectivity index (χ3n) is 5.32. The number of nitrogens with zero attached hydrogens (tertiary/aromatic N) is 1. The van der Waals surface area contributed by atoms with Crippen LogP contribution in [0, 0.1) is 6.92 Å². The number of rotatable bonds is 6. The van der Waals surface area contributed by atoms with E-state index in [2.05, 4.69) is 0 Å². The first-order valence-electron chi connectivity index (χ1n) is 10.7. The summed E-state index contributed by atoms with van der Waals surface area (Å²) in [5.74, 6) is 1.04. The Hall–Kier alpha value is -2.78. The van der Waals surface area contributed by atoms with Crippen LogP contribution in [0.5, 0.6) is 11.5 Å². The number of ether oxygens (including phenoxy) is 3. The van der Waals surface area contributed by atoms with E-state index >= 15 is 0 Å². The van der Waals surface area contributed by atoms with Crippen LogP contribution < -0.4 is 9.47 Å². The molecule has 0 bridgehead atoms. The number of fused-ring (bicyclic) bond motifs is 1. The van der Waals surface area contributed by atoms with Gasteiger partial charge in [0.1, 0.15) is 5.60 Å². The van der Waals surface area contributed by atoms with Crippen LogP contribution in [0.1, 0.15) is 43.5 Å². The molecule has 0 aliphatic carbocycles. The number of methoxy groups -OCH3 is 2. The van der Waals surface area contributed by atoms with Gasteiger partial charge in [0.15, 0.2) is 11.5 Å². The average Bonchev–Trinajstić information content (AvgIpc) is 2.75. The van der Waals surface area contributed by atoms with Crippen molar-refractivity contribution in [2.24, 2.45) is 0 Å². The van der Waals surface area contributed by atoms with Crippen LogP contribution in [0.2, 0.25) is 0 Å². The van der Waals surface area contributed by atoms with Gasteiger partial charge >= 0.3 is 6.09 Å². The van der Waals surface area contributed by atoms with E-state index in [1.807, 2.05) is 13.0 Å². The summed E-state index contributed by atoms with van der Waals surface area (Å²) >= 11 is 0. The Morgan fingerprint density at radius 1 is 1.06 bits per heavy atom. The molecule has 0 saturated carbocycles. The Balaban J connectivity index is 1.97. The molecule has 1 amide bonds. The van der Waals surface area contributed by atoms with Gasteiger partial charge in [-0.2, -0.15) is 8.42 Å². The van der Waals surface area contributed by atoms with Crippen molar-refractivity contribution in [3.05, 3.63) is 53.1 Å². The summed E-state index contributed by atoms with van der Waals surface area (Å²) < 4.78 is 47.5. The molecule has 0 fully saturated rings. The highest BCUT2D eigenvalue weighted by Crippen LogP contribution is 2.39. The number of hydrogen-bond donors (Lipinski definition) is 0. The summed E-state index contributed by atoms with van der Waals surface area (Å²) in [6, 6.07) is 9.33. The number of aryl methyl sites for hydroxylation is 1. The molecule has 0 spiro atoms. The summed E-state index contributed by atoms with van der Waals surface area (Å²) in [6.45, 7) is 7.29. The molecule has 0 unspecified atom stereocenters. The van der Waals surface area contributed by atoms with Gasteiger partial charge in [0, 0.05) is 6.54 Å². The van der Waals surface area contributed by atoms with Crippen molar-refractivity contribution in [3.63, 3.8) is 0 Å². The van der Waals surface area contributed by atoms with E-state index in [9.17, 15) is 13.2 Å². The van der Waals surface area contributed by atoms with Crippen LogP contribution in [0.15, 0.2) is 41.3 Å². The maximum absolute atomic E-state index is 13.0. The van der Waals surface area contributed by atoms with Crippen molar-refractivity contribution in [3.8, 4) is 11.5 Å². The molecule has 8 nitrogen and oxygen atoms in total. The van der Waals surface area contributed by atoms with E-state index in [4.69, 9.17) is 18.4 Å². The Morgan fingerprint density at radius 3 is 2.24 bits per heavy atom. The third kappa shape index (κ3) is 5.78. The van der Waals surface area contributed by atoms with E-state index in [1.165, 1.54) is 24.1 Å². The van der Waals surface area contributed by atoms with Crippen LogP contribution in [-0.2, 0) is 25.5 Å². The monoisotopic (exact) mass is 477 g/mol. The number of carbonyl (C=O) groups excluding carboxylic acids is 1. The second-order valence-corrected chi connectivity index (χ2v) is 10.5. The SMILES string of the molecule is COc1cc2c(cc1OC)[C@H](COS(=O)(=O)c1ccc(C)cc1)N(C(=O)OC(C)(C)C)CC2. The van der Waals surface area contributed by atoms with Gasteiger partial charge in [0.25, 0.3) is 10.1 Å². The molecule has 0 radical (unpaired) electrons. The predicted molar refractivity (Wildman–Crippen MR) is 123 cm³/mol. The Labute approximate surface area is 195 Å². The molecule has 3 rings (SSSR count). The van der Waals surface area contributed by atoms with Gasteiger partial charge in [-0.05, 0) is 69.5 Å². The van der Waals surface area contributed by atoms with Gasteiger partial charge in [0.05, 0.1) is 31.8 Å². The molecule has 0 aromatic heterocycles. The van der Waals surface area contributed by atoms with Crippen LogP contribution in [-0.4, -0.2) is 52.4 Å². The Morgan fingerprint density at radius 2 is 1.67 bits per heavy atom. The number of carbonyl (C=O) groups is 1. The highest BCUT2D eigenvalue weighted by Gasteiger charge is 2.36. The van der Waals surface area contributed by atoms with Gasteiger partial charge in [-0.25, -0.2) is 4.79 Å². The second-order valence-electron chi connectivity index (χ2n) is 8.90. The van der Waals surface area contributed by atoms with Gasteiger partial charge in [0.2, 0.25) is 0 Å². The minimum atomic E-state index is -4.03. The minimum Gasteiger partial charge on any atom is -0.493 e. The molecule has 1 atom stereocenters. The van der Waals surface area contributed by atoms with E-state index in [-0.39, 0.29) is 11.5 Å². The van der Waals surface area contributed by atoms with Crippen molar-refractivity contribution in [1.29, 1.82) is 0 Å². The van der Waals surface area contributed by atoms with E-state index in [0.29, 0.717) is 24.5 Å². The lowest BCUT2D eigenvalue weighted by Crippen LogP contribution is -2.44. The molecule has 1 aliphatic rings. The minimum absolute atomic E-state index is 0.0558. The van der Waals surface area contributed by atoms with Crippen LogP contribution in [0.25, 0.3) is 0 Å². The first-order chi connectivity index (χ1) is 15.4. The van der Waals surface area contributed by atoms with Crippen LogP contribution in [0.3, 0.4) is 0 Å². The highest BCUT2D eigenvalue weighted by atomic mass is 32.2. The van der Waals surface area contributed by atoms with Crippen molar-refractivity contribution in [2.75, 3.05) is 27.4 Å². The fourth-order valence-corrected chi connectivity index (χ4v) is 4.59. The quantitative estimate of drug-likeness (QED) is 0.574. The summed E-state index contributed by atoms with van der Waals surface area (Å²) in [6.07, 6.45) is 0.0140. The molecule has 33 heavy (non-hydrogen) atoms. The molecule has 2 aromatic carbocycles. The number of benzene rings is 2. The third-order valence-corrected chi connectivity index (χ3v) is 6.62. The normalized spacial score (nSPS) is 16.2. The molecular formula is C24H31NO7S. The summed E-state index contributed by atoms with van der Waals surface area (Å²) in [7, 11) is -0.956. The van der Waals surface area contributed by atoms with Gasteiger partial charge in [-0.1, -0.05) is 17.7 Å². The van der Waals surface area contributed by atoms with Crippen molar-refractivity contribution in [2.45, 2.75) is 50.7 Å². The molecule has 9 heteroatoms. The van der Waals surface area contributed by atoms with Crippen molar-refractivity contribution < 1.29 is 31.6 Å². The smallest absolute Gasteiger partial charge is 0.410 e. The standard InChI is InChI=1S/C24H31NO7S/c1-16-7-9-18(10-8-16)33(27,28)31-15-20-19-14-22(30-6)21(29-5)13-17(19)11-12-25(20)23(26)32-24(2,3)4/h7-10,13-14,20H,11-12,15H2,1-6H3/t20-/m0/s1. The molecular weight excluding hydrogens is 446 g/mol. The lowest BCUT2D eigenvalue weighted by Gasteiger charge is -2.38. The predicted octanol–water partition coefficient (Wildman–Crippen LogP) is 4.25. The molecule has 0 saturated heterocycles. The van der Waals surface area contributed by atoms with E-state index < -0.39 is 27.9 Å². The molecule has 1 aliphatic heterocycles. The molecule has 0 N–H and O–H groups in total.